The van der Waals surface area contributed by atoms with Crippen LogP contribution >= 0.6 is 11.3 Å². The molecule has 0 aliphatic heterocycles. The Bertz CT molecular complexity index is 2280. The molecule has 8 rings (SSSR count). The Labute approximate surface area is 335 Å². The van der Waals surface area contributed by atoms with Crippen molar-refractivity contribution in [1.29, 1.82) is 0 Å². The zero-order valence-corrected chi connectivity index (χ0v) is 36.1. The summed E-state index contributed by atoms with van der Waals surface area (Å²) >= 11 is 1.85. The van der Waals surface area contributed by atoms with Crippen molar-refractivity contribution in [3.05, 3.63) is 139 Å². The molecule has 0 spiro atoms. The minimum Gasteiger partial charge on any atom is -0.305 e. The molecule has 273 valence electrons. The van der Waals surface area contributed by atoms with Crippen LogP contribution in [0.1, 0.15) is 69.9 Å². The van der Waals surface area contributed by atoms with Crippen molar-refractivity contribution >= 4 is 44.8 Å². The third kappa shape index (κ3) is 9.50. The van der Waals surface area contributed by atoms with Gasteiger partial charge in [-0.25, -0.2) is 0 Å². The molecule has 0 atom stereocenters. The number of aromatic nitrogens is 2. The van der Waals surface area contributed by atoms with Gasteiger partial charge in [-0.1, -0.05) is 131 Å². The van der Waals surface area contributed by atoms with E-state index in [4.69, 9.17) is 9.97 Å². The fourth-order valence-electron chi connectivity index (χ4n) is 7.55. The maximum Gasteiger partial charge on any atom is 0.0798 e. The van der Waals surface area contributed by atoms with Crippen LogP contribution in [-0.2, 0) is 26.5 Å². The number of benzene rings is 4. The summed E-state index contributed by atoms with van der Waals surface area (Å²) in [5.74, 6) is 0.692. The van der Waals surface area contributed by atoms with Crippen LogP contribution < -0.4 is 5.19 Å². The smallest absolute Gasteiger partial charge is 0.0798 e. The Kier molecular flexibility index (Phi) is 12.3. The normalized spacial score (nSPS) is 13.7. The summed E-state index contributed by atoms with van der Waals surface area (Å²) in [4.78, 5) is 9.41. The molecule has 1 aliphatic rings. The van der Waals surface area contributed by atoms with Crippen LogP contribution in [0.4, 0.5) is 0 Å². The monoisotopic (exact) mass is 907 g/mol. The van der Waals surface area contributed by atoms with E-state index >= 15 is 0 Å². The average molecular weight is 907 g/mol. The molecule has 3 aromatic heterocycles. The third-order valence-corrected chi connectivity index (χ3v) is 13.3. The van der Waals surface area contributed by atoms with Crippen LogP contribution in [0, 0.1) is 17.5 Å². The summed E-state index contributed by atoms with van der Waals surface area (Å²) in [6, 6.07) is 43.5. The quantitative estimate of drug-likeness (QED) is 0.123. The van der Waals surface area contributed by atoms with Gasteiger partial charge in [0.1, 0.15) is 0 Å². The summed E-state index contributed by atoms with van der Waals surface area (Å²) in [6.07, 6.45) is 11.9. The molecule has 3 heterocycles. The molecule has 1 saturated carbocycles. The predicted octanol–water partition coefficient (Wildman–Crippen LogP) is 13.3. The number of hydrogen-bond donors (Lipinski definition) is 0. The van der Waals surface area contributed by atoms with Crippen LogP contribution in [0.2, 0.25) is 19.6 Å². The van der Waals surface area contributed by atoms with Crippen molar-refractivity contribution in [2.75, 3.05) is 0 Å². The van der Waals surface area contributed by atoms with Gasteiger partial charge in [-0.2, -0.15) is 11.3 Å². The first-order valence-corrected chi connectivity index (χ1v) is 23.2. The first-order chi connectivity index (χ1) is 25.0. The number of nitrogens with zero attached hydrogens (tertiary/aromatic N) is 2. The molecular weight excluding hydrogens is 857 g/mol. The van der Waals surface area contributed by atoms with Gasteiger partial charge in [0.25, 0.3) is 0 Å². The van der Waals surface area contributed by atoms with E-state index in [-0.39, 0.29) is 25.5 Å². The molecule has 0 bridgehead atoms. The van der Waals surface area contributed by atoms with Gasteiger partial charge < -0.3 is 9.97 Å². The van der Waals surface area contributed by atoms with E-state index in [1.807, 2.05) is 35.7 Å². The Morgan fingerprint density at radius 2 is 1.47 bits per heavy atom. The fraction of sp³-hybridized carbons (Fsp3) is 0.292. The fourth-order valence-corrected chi connectivity index (χ4v) is 10.2. The van der Waals surface area contributed by atoms with Crippen LogP contribution in [0.3, 0.4) is 0 Å². The molecule has 0 saturated heterocycles. The second-order valence-electron chi connectivity index (χ2n) is 16.6. The molecule has 0 N–H and O–H groups in total. The van der Waals surface area contributed by atoms with E-state index in [9.17, 15) is 0 Å². The Hall–Kier alpha value is -3.73. The number of hydrogen-bond acceptors (Lipinski definition) is 3. The molecule has 2 nitrogen and oxygen atoms in total. The average Bonchev–Trinajstić information content (AvgIpc) is 3.52. The van der Waals surface area contributed by atoms with E-state index in [0.29, 0.717) is 5.92 Å². The van der Waals surface area contributed by atoms with E-state index in [2.05, 4.69) is 144 Å². The SMILES string of the molecule is CC(C)(C)Cc1cc(-c2[c-]cccc2)ncc1[Si](C)(C)C.[Ir].[c-]1cc2sc3cc(-c4ccccc4)ccc3c2cc1-c1cc(C2CCCCC2)ccn1. The standard InChI is InChI=1S/C29H24NS.C19H26NSi.Ir/c1-3-7-20(8-4-1)22-11-13-25-26-17-24(12-14-28(26)31-29(25)19-22)27-18-23(15-16-30-27)21-9-5-2-6-10-21;1-19(2,3)13-16-12-17(15-10-8-7-9-11-15)20-14-18(16)21(4,5)6;/h1,3-4,7-8,11,13-19,21H,2,5-6,9-10H2;7-10,12,14H,13H2,1-6H3;/q2*-1;. The van der Waals surface area contributed by atoms with Gasteiger partial charge in [-0.15, -0.1) is 59.7 Å². The Balaban J connectivity index is 0.000000193. The molecule has 4 aromatic carbocycles. The van der Waals surface area contributed by atoms with Crippen LogP contribution in [0.5, 0.6) is 0 Å². The second kappa shape index (κ2) is 16.7. The van der Waals surface area contributed by atoms with Crippen molar-refractivity contribution in [2.24, 2.45) is 5.41 Å². The largest absolute Gasteiger partial charge is 0.305 e. The van der Waals surface area contributed by atoms with Crippen molar-refractivity contribution in [3.8, 4) is 33.6 Å². The van der Waals surface area contributed by atoms with Gasteiger partial charge in [0, 0.05) is 37.2 Å². The van der Waals surface area contributed by atoms with Crippen LogP contribution in [0.25, 0.3) is 53.8 Å². The summed E-state index contributed by atoms with van der Waals surface area (Å²) in [7, 11) is -1.37. The number of pyridine rings is 2. The predicted molar refractivity (Wildman–Crippen MR) is 227 cm³/mol. The molecule has 53 heavy (non-hydrogen) atoms. The molecule has 0 unspecified atom stereocenters. The van der Waals surface area contributed by atoms with Crippen molar-refractivity contribution < 1.29 is 20.1 Å². The summed E-state index contributed by atoms with van der Waals surface area (Å²) in [6.45, 7) is 14.1. The van der Waals surface area contributed by atoms with E-state index < -0.39 is 8.07 Å². The van der Waals surface area contributed by atoms with E-state index in [0.717, 1.165) is 28.9 Å². The maximum atomic E-state index is 4.71. The van der Waals surface area contributed by atoms with E-state index in [1.54, 1.807) is 0 Å². The third-order valence-electron chi connectivity index (χ3n) is 10.2. The first kappa shape index (κ1) is 39.0. The first-order valence-electron chi connectivity index (χ1n) is 18.9. The topological polar surface area (TPSA) is 25.8 Å². The molecule has 5 heteroatoms. The number of fused-ring (bicyclic) bond motifs is 3. The molecule has 1 radical (unpaired) electrons. The minimum atomic E-state index is -1.37. The van der Waals surface area contributed by atoms with Crippen molar-refractivity contribution in [3.63, 3.8) is 0 Å². The summed E-state index contributed by atoms with van der Waals surface area (Å²) in [5, 5.41) is 4.11. The zero-order valence-electron chi connectivity index (χ0n) is 31.9. The van der Waals surface area contributed by atoms with Crippen LogP contribution in [-0.4, -0.2) is 18.0 Å². The molecule has 1 fully saturated rings. The van der Waals surface area contributed by atoms with Gasteiger partial charge in [-0.05, 0) is 80.5 Å². The molecular formula is C48H50IrN2SSi-2. The molecule has 7 aromatic rings. The zero-order chi connectivity index (χ0) is 36.3. The Morgan fingerprint density at radius 1 is 0.717 bits per heavy atom. The molecule has 1 aliphatic carbocycles. The van der Waals surface area contributed by atoms with Gasteiger partial charge >= 0.3 is 0 Å². The van der Waals surface area contributed by atoms with Gasteiger partial charge in [0.2, 0.25) is 0 Å². The van der Waals surface area contributed by atoms with Gasteiger partial charge in [-0.3, -0.25) is 0 Å². The molecule has 0 amide bonds. The number of rotatable bonds is 6. The number of thiophene rings is 1. The summed E-state index contributed by atoms with van der Waals surface area (Å²) in [5.41, 5.74) is 9.98. The maximum absolute atomic E-state index is 4.71. The second-order valence-corrected chi connectivity index (χ2v) is 22.7. The summed E-state index contributed by atoms with van der Waals surface area (Å²) < 4.78 is 2.61. The minimum absolute atomic E-state index is 0. The Morgan fingerprint density at radius 3 is 2.19 bits per heavy atom. The van der Waals surface area contributed by atoms with Gasteiger partial charge in [0.05, 0.1) is 8.07 Å². The van der Waals surface area contributed by atoms with Crippen LogP contribution in [0.15, 0.2) is 116 Å². The van der Waals surface area contributed by atoms with Crippen molar-refractivity contribution in [2.45, 2.75) is 84.9 Å². The van der Waals surface area contributed by atoms with E-state index in [1.165, 1.54) is 79.7 Å². The van der Waals surface area contributed by atoms with Crippen molar-refractivity contribution in [1.82, 2.24) is 9.97 Å². The van der Waals surface area contributed by atoms with Gasteiger partial charge in [0.15, 0.2) is 0 Å².